The fraction of sp³-hybridized carbons (Fsp3) is 0.222. The summed E-state index contributed by atoms with van der Waals surface area (Å²) in [6.07, 6.45) is 0.645. The highest BCUT2D eigenvalue weighted by Gasteiger charge is 2.33. The van der Waals surface area contributed by atoms with Crippen molar-refractivity contribution in [3.63, 3.8) is 0 Å². The second-order valence-corrected chi connectivity index (χ2v) is 8.72. The quantitative estimate of drug-likeness (QED) is 0.353. The molecule has 0 N–H and O–H groups in total. The number of benzene rings is 2. The van der Waals surface area contributed by atoms with E-state index >= 15 is 0 Å². The highest BCUT2D eigenvalue weighted by molar-refractivity contribution is 5.87. The normalized spacial score (nSPS) is 15.8. The molecule has 1 aliphatic heterocycles. The number of pyridine rings is 1. The SMILES string of the molecule is C=CC(=O)N1CCC(n2c(=O)n(-c3ccc(OCc4ccccc4C(F)(F)F)cc3)c3cnccc32)C1. The number of fused-ring (bicyclic) bond motifs is 1. The van der Waals surface area contributed by atoms with Gasteiger partial charge in [-0.2, -0.15) is 13.2 Å². The Hall–Kier alpha value is -4.34. The van der Waals surface area contributed by atoms with Gasteiger partial charge in [-0.05, 0) is 48.9 Å². The van der Waals surface area contributed by atoms with Crippen molar-refractivity contribution >= 4 is 16.9 Å². The van der Waals surface area contributed by atoms with Crippen LogP contribution in [-0.2, 0) is 17.6 Å². The van der Waals surface area contributed by atoms with Crippen LogP contribution >= 0.6 is 0 Å². The van der Waals surface area contributed by atoms with Gasteiger partial charge in [0.05, 0.1) is 34.5 Å². The predicted molar refractivity (Wildman–Crippen MR) is 132 cm³/mol. The molecule has 7 nitrogen and oxygen atoms in total. The van der Waals surface area contributed by atoms with Gasteiger partial charge in [-0.15, -0.1) is 0 Å². The molecular weight excluding hydrogens is 485 g/mol. The monoisotopic (exact) mass is 508 g/mol. The van der Waals surface area contributed by atoms with E-state index in [4.69, 9.17) is 4.74 Å². The smallest absolute Gasteiger partial charge is 0.416 e. The third kappa shape index (κ3) is 4.62. The average molecular weight is 509 g/mol. The first-order chi connectivity index (χ1) is 17.8. The lowest BCUT2D eigenvalue weighted by Crippen LogP contribution is -2.31. The van der Waals surface area contributed by atoms with Crippen LogP contribution in [0.5, 0.6) is 5.75 Å². The molecule has 1 aliphatic rings. The Kier molecular flexibility index (Phi) is 6.32. The Morgan fingerprint density at radius 2 is 1.86 bits per heavy atom. The number of alkyl halides is 3. The highest BCUT2D eigenvalue weighted by atomic mass is 19.4. The minimum Gasteiger partial charge on any atom is -0.489 e. The maximum absolute atomic E-state index is 13.6. The van der Waals surface area contributed by atoms with Crippen molar-refractivity contribution in [2.24, 2.45) is 0 Å². The minimum atomic E-state index is -4.47. The van der Waals surface area contributed by atoms with Crippen LogP contribution in [0.25, 0.3) is 16.7 Å². The molecule has 0 saturated carbocycles. The van der Waals surface area contributed by atoms with Crippen molar-refractivity contribution in [3.8, 4) is 11.4 Å². The number of rotatable bonds is 6. The maximum atomic E-state index is 13.6. The molecule has 0 radical (unpaired) electrons. The Balaban J connectivity index is 1.42. The molecule has 10 heteroatoms. The number of carbonyl (C=O) groups excluding carboxylic acids is 1. The summed E-state index contributed by atoms with van der Waals surface area (Å²) in [5.41, 5.74) is 0.884. The Bertz CT molecular complexity index is 1520. The van der Waals surface area contributed by atoms with Crippen LogP contribution in [0.1, 0.15) is 23.6 Å². The molecule has 2 aromatic carbocycles. The van der Waals surface area contributed by atoms with Gasteiger partial charge in [0, 0.05) is 24.8 Å². The van der Waals surface area contributed by atoms with E-state index in [-0.39, 0.29) is 29.8 Å². The van der Waals surface area contributed by atoms with Gasteiger partial charge < -0.3 is 9.64 Å². The van der Waals surface area contributed by atoms with Gasteiger partial charge in [0.2, 0.25) is 5.91 Å². The van der Waals surface area contributed by atoms with E-state index in [1.165, 1.54) is 28.8 Å². The molecule has 1 unspecified atom stereocenters. The lowest BCUT2D eigenvalue weighted by Gasteiger charge is -2.15. The second kappa shape index (κ2) is 9.61. The number of amides is 1. The first-order valence-electron chi connectivity index (χ1n) is 11.6. The first-order valence-corrected chi connectivity index (χ1v) is 11.6. The van der Waals surface area contributed by atoms with Gasteiger partial charge in [-0.25, -0.2) is 4.79 Å². The molecule has 2 aromatic heterocycles. The third-order valence-electron chi connectivity index (χ3n) is 6.50. The number of halogens is 3. The van der Waals surface area contributed by atoms with Gasteiger partial charge >= 0.3 is 11.9 Å². The van der Waals surface area contributed by atoms with Crippen molar-refractivity contribution < 1.29 is 22.7 Å². The van der Waals surface area contributed by atoms with E-state index in [0.29, 0.717) is 42.0 Å². The van der Waals surface area contributed by atoms with E-state index in [1.54, 1.807) is 52.2 Å². The summed E-state index contributed by atoms with van der Waals surface area (Å²) in [5.74, 6) is 0.194. The van der Waals surface area contributed by atoms with Crippen molar-refractivity contribution in [1.82, 2.24) is 19.0 Å². The first kappa shape index (κ1) is 24.4. The zero-order valence-corrected chi connectivity index (χ0v) is 19.7. The molecular formula is C27H23F3N4O3. The zero-order valence-electron chi connectivity index (χ0n) is 19.7. The molecule has 0 bridgehead atoms. The van der Waals surface area contributed by atoms with E-state index < -0.39 is 11.7 Å². The standard InChI is InChI=1S/C27H23F3N4O3/c1-2-25(35)32-14-12-20(16-32)34-23-11-13-31-15-24(23)33(26(34)36)19-7-9-21(10-8-19)37-17-18-5-3-4-6-22(18)27(28,29)30/h2-11,13,15,20H,1,12,14,16-17H2. The number of hydrogen-bond donors (Lipinski definition) is 0. The molecule has 0 aliphatic carbocycles. The molecule has 190 valence electrons. The molecule has 5 rings (SSSR count). The fourth-order valence-corrected chi connectivity index (χ4v) is 4.73. The molecule has 3 heterocycles. The van der Waals surface area contributed by atoms with Crippen molar-refractivity contribution in [2.45, 2.75) is 25.2 Å². The number of hydrogen-bond acceptors (Lipinski definition) is 4. The summed E-state index contributed by atoms with van der Waals surface area (Å²) in [6.45, 7) is 4.22. The summed E-state index contributed by atoms with van der Waals surface area (Å²) in [5, 5.41) is 0. The lowest BCUT2D eigenvalue weighted by molar-refractivity contribution is -0.138. The summed E-state index contributed by atoms with van der Waals surface area (Å²) in [7, 11) is 0. The summed E-state index contributed by atoms with van der Waals surface area (Å²) in [6, 6.07) is 13.4. The molecule has 1 fully saturated rings. The Morgan fingerprint density at radius 1 is 1.11 bits per heavy atom. The topological polar surface area (TPSA) is 69.4 Å². The van der Waals surface area contributed by atoms with Crippen molar-refractivity contribution in [1.29, 1.82) is 0 Å². The molecule has 1 atom stereocenters. The fourth-order valence-electron chi connectivity index (χ4n) is 4.73. The molecule has 0 spiro atoms. The van der Waals surface area contributed by atoms with Gasteiger partial charge in [0.15, 0.2) is 0 Å². The van der Waals surface area contributed by atoms with Crippen LogP contribution in [0.2, 0.25) is 0 Å². The average Bonchev–Trinajstić information content (AvgIpc) is 3.49. The van der Waals surface area contributed by atoms with Gasteiger partial charge in [0.25, 0.3) is 0 Å². The third-order valence-corrected chi connectivity index (χ3v) is 6.50. The molecule has 4 aromatic rings. The van der Waals surface area contributed by atoms with Crippen molar-refractivity contribution in [2.75, 3.05) is 13.1 Å². The van der Waals surface area contributed by atoms with E-state index in [1.807, 2.05) is 0 Å². The van der Waals surface area contributed by atoms with Gasteiger partial charge in [0.1, 0.15) is 12.4 Å². The summed E-state index contributed by atoms with van der Waals surface area (Å²) in [4.78, 5) is 31.5. The van der Waals surface area contributed by atoms with Crippen LogP contribution in [0.4, 0.5) is 13.2 Å². The number of aromatic nitrogens is 3. The van der Waals surface area contributed by atoms with E-state index in [9.17, 15) is 22.8 Å². The largest absolute Gasteiger partial charge is 0.489 e. The van der Waals surface area contributed by atoms with Gasteiger partial charge in [-0.3, -0.25) is 18.9 Å². The summed E-state index contributed by atoms with van der Waals surface area (Å²) >= 11 is 0. The summed E-state index contributed by atoms with van der Waals surface area (Å²) < 4.78 is 48.6. The van der Waals surface area contributed by atoms with Crippen LogP contribution < -0.4 is 10.4 Å². The number of imidazole rings is 1. The van der Waals surface area contributed by atoms with Crippen LogP contribution in [0.15, 0.2) is 84.4 Å². The van der Waals surface area contributed by atoms with E-state index in [2.05, 4.69) is 11.6 Å². The zero-order chi connectivity index (χ0) is 26.2. The molecule has 1 saturated heterocycles. The number of ether oxygens (including phenoxy) is 1. The number of nitrogens with zero attached hydrogens (tertiary/aromatic N) is 4. The maximum Gasteiger partial charge on any atom is 0.416 e. The van der Waals surface area contributed by atoms with E-state index in [0.717, 1.165) is 6.07 Å². The van der Waals surface area contributed by atoms with Gasteiger partial charge in [-0.1, -0.05) is 24.8 Å². The number of carbonyl (C=O) groups is 1. The lowest BCUT2D eigenvalue weighted by atomic mass is 10.1. The Morgan fingerprint density at radius 3 is 2.59 bits per heavy atom. The van der Waals surface area contributed by atoms with Crippen LogP contribution in [0.3, 0.4) is 0 Å². The Labute approximate surface area is 210 Å². The second-order valence-electron chi connectivity index (χ2n) is 8.72. The molecule has 37 heavy (non-hydrogen) atoms. The number of likely N-dealkylation sites (tertiary alicyclic amines) is 1. The minimum absolute atomic E-state index is 0.0324. The molecule has 1 amide bonds. The highest BCUT2D eigenvalue weighted by Crippen LogP contribution is 2.32. The predicted octanol–water partition coefficient (Wildman–Crippen LogP) is 4.74. The van der Waals surface area contributed by atoms with Crippen LogP contribution in [0, 0.1) is 0 Å². The van der Waals surface area contributed by atoms with Crippen LogP contribution in [-0.4, -0.2) is 38.0 Å². The van der Waals surface area contributed by atoms with Crippen molar-refractivity contribution in [3.05, 3.63) is 101 Å².